The van der Waals surface area contributed by atoms with Crippen LogP contribution in [0.1, 0.15) is 25.2 Å². The standard InChI is InChI=1S/C18H22FN3O4S/c1-27(24,25)22-10-2-3-15(12-22)21-17(23)8-9-18-20-11-16(26-18)13-4-6-14(19)7-5-13/h4-7,11,15H,2-3,8-10,12H2,1H3,(H,21,23). The van der Waals surface area contributed by atoms with Crippen LogP contribution in [0.5, 0.6) is 0 Å². The molecule has 0 spiro atoms. The molecule has 3 rings (SSSR count). The van der Waals surface area contributed by atoms with Gasteiger partial charge in [-0.05, 0) is 37.1 Å². The van der Waals surface area contributed by atoms with Crippen LogP contribution in [0.4, 0.5) is 4.39 Å². The van der Waals surface area contributed by atoms with E-state index in [1.807, 2.05) is 0 Å². The van der Waals surface area contributed by atoms with Gasteiger partial charge in [0.1, 0.15) is 5.82 Å². The van der Waals surface area contributed by atoms with Crippen molar-refractivity contribution in [3.8, 4) is 11.3 Å². The van der Waals surface area contributed by atoms with Crippen molar-refractivity contribution in [2.24, 2.45) is 0 Å². The van der Waals surface area contributed by atoms with Crippen LogP contribution >= 0.6 is 0 Å². The molecule has 1 amide bonds. The van der Waals surface area contributed by atoms with Crippen LogP contribution in [-0.2, 0) is 21.2 Å². The molecule has 146 valence electrons. The van der Waals surface area contributed by atoms with E-state index in [9.17, 15) is 17.6 Å². The van der Waals surface area contributed by atoms with Crippen molar-refractivity contribution in [2.75, 3.05) is 19.3 Å². The van der Waals surface area contributed by atoms with Crippen molar-refractivity contribution >= 4 is 15.9 Å². The maximum atomic E-state index is 13.0. The van der Waals surface area contributed by atoms with E-state index in [2.05, 4.69) is 10.3 Å². The molecular weight excluding hydrogens is 373 g/mol. The Morgan fingerprint density at radius 1 is 1.37 bits per heavy atom. The first kappa shape index (κ1) is 19.5. The summed E-state index contributed by atoms with van der Waals surface area (Å²) in [5.74, 6) is 0.441. The molecule has 0 aliphatic carbocycles. The number of nitrogens with zero attached hydrogens (tertiary/aromatic N) is 2. The Morgan fingerprint density at radius 3 is 2.81 bits per heavy atom. The summed E-state index contributed by atoms with van der Waals surface area (Å²) in [7, 11) is -3.24. The Kier molecular flexibility index (Phi) is 5.91. The molecule has 9 heteroatoms. The lowest BCUT2D eigenvalue weighted by molar-refractivity contribution is -0.122. The van der Waals surface area contributed by atoms with E-state index in [-0.39, 0.29) is 24.2 Å². The number of piperidine rings is 1. The van der Waals surface area contributed by atoms with Crippen molar-refractivity contribution in [1.82, 2.24) is 14.6 Å². The second-order valence-corrected chi connectivity index (χ2v) is 8.64. The fraction of sp³-hybridized carbons (Fsp3) is 0.444. The Bertz CT molecular complexity index is 896. The molecule has 1 aliphatic heterocycles. The molecule has 1 atom stereocenters. The molecule has 7 nitrogen and oxygen atoms in total. The van der Waals surface area contributed by atoms with Crippen LogP contribution in [0.25, 0.3) is 11.3 Å². The van der Waals surface area contributed by atoms with Gasteiger partial charge in [-0.3, -0.25) is 4.79 Å². The normalized spacial score (nSPS) is 18.4. The first-order valence-electron chi connectivity index (χ1n) is 8.76. The highest BCUT2D eigenvalue weighted by molar-refractivity contribution is 7.88. The summed E-state index contributed by atoms with van der Waals surface area (Å²) >= 11 is 0. The largest absolute Gasteiger partial charge is 0.441 e. The molecule has 1 fully saturated rings. The van der Waals surface area contributed by atoms with Gasteiger partial charge in [0.15, 0.2) is 11.7 Å². The summed E-state index contributed by atoms with van der Waals surface area (Å²) in [6.45, 7) is 0.798. The Balaban J connectivity index is 1.50. The van der Waals surface area contributed by atoms with Crippen molar-refractivity contribution in [3.05, 3.63) is 42.2 Å². The molecule has 0 saturated carbocycles. The minimum Gasteiger partial charge on any atom is -0.441 e. The van der Waals surface area contributed by atoms with Gasteiger partial charge >= 0.3 is 0 Å². The number of aromatic nitrogens is 1. The van der Waals surface area contributed by atoms with E-state index < -0.39 is 10.0 Å². The number of carbonyl (C=O) groups excluding carboxylic acids is 1. The molecule has 1 N–H and O–H groups in total. The number of sulfonamides is 1. The molecule has 2 heterocycles. The number of hydrogen-bond acceptors (Lipinski definition) is 5. The zero-order chi connectivity index (χ0) is 19.4. The predicted molar refractivity (Wildman–Crippen MR) is 97.8 cm³/mol. The van der Waals surface area contributed by atoms with Gasteiger partial charge in [0, 0.05) is 37.5 Å². The lowest BCUT2D eigenvalue weighted by Crippen LogP contribution is -2.49. The molecule has 1 unspecified atom stereocenters. The van der Waals surface area contributed by atoms with Crippen LogP contribution in [-0.4, -0.2) is 49.0 Å². The summed E-state index contributed by atoms with van der Waals surface area (Å²) < 4.78 is 43.3. The van der Waals surface area contributed by atoms with E-state index in [0.717, 1.165) is 12.8 Å². The smallest absolute Gasteiger partial charge is 0.220 e. The van der Waals surface area contributed by atoms with Crippen LogP contribution < -0.4 is 5.32 Å². The number of aryl methyl sites for hydroxylation is 1. The van der Waals surface area contributed by atoms with Gasteiger partial charge in [0.05, 0.1) is 12.5 Å². The molecule has 27 heavy (non-hydrogen) atoms. The molecule has 0 bridgehead atoms. The average molecular weight is 395 g/mol. The fourth-order valence-corrected chi connectivity index (χ4v) is 3.97. The summed E-state index contributed by atoms with van der Waals surface area (Å²) in [6.07, 6.45) is 4.72. The summed E-state index contributed by atoms with van der Waals surface area (Å²) in [4.78, 5) is 16.3. The van der Waals surface area contributed by atoms with Gasteiger partial charge in [-0.15, -0.1) is 0 Å². The number of rotatable bonds is 6. The second kappa shape index (κ2) is 8.18. The Hall–Kier alpha value is -2.26. The van der Waals surface area contributed by atoms with Gasteiger partial charge in [-0.1, -0.05) is 0 Å². The van der Waals surface area contributed by atoms with Crippen LogP contribution in [0.15, 0.2) is 34.9 Å². The molecule has 2 aromatic rings. The van der Waals surface area contributed by atoms with E-state index in [0.29, 0.717) is 36.7 Å². The van der Waals surface area contributed by atoms with E-state index in [1.54, 1.807) is 18.3 Å². The number of amides is 1. The number of benzene rings is 1. The topological polar surface area (TPSA) is 92.5 Å². The Labute approximate surface area is 157 Å². The fourth-order valence-electron chi connectivity index (χ4n) is 3.06. The zero-order valence-corrected chi connectivity index (χ0v) is 15.8. The highest BCUT2D eigenvalue weighted by Crippen LogP contribution is 2.21. The van der Waals surface area contributed by atoms with E-state index in [1.165, 1.54) is 22.7 Å². The summed E-state index contributed by atoms with van der Waals surface area (Å²) in [6, 6.07) is 5.70. The van der Waals surface area contributed by atoms with Gasteiger partial charge in [0.2, 0.25) is 15.9 Å². The molecule has 1 saturated heterocycles. The highest BCUT2D eigenvalue weighted by Gasteiger charge is 2.26. The van der Waals surface area contributed by atoms with E-state index in [4.69, 9.17) is 4.42 Å². The summed E-state index contributed by atoms with van der Waals surface area (Å²) in [5.41, 5.74) is 0.711. The van der Waals surface area contributed by atoms with Crippen molar-refractivity contribution in [2.45, 2.75) is 31.7 Å². The third-order valence-corrected chi connectivity index (χ3v) is 5.74. The van der Waals surface area contributed by atoms with Crippen LogP contribution in [0.2, 0.25) is 0 Å². The SMILES string of the molecule is CS(=O)(=O)N1CCCC(NC(=O)CCc2ncc(-c3ccc(F)cc3)o2)C1. The number of carbonyl (C=O) groups is 1. The lowest BCUT2D eigenvalue weighted by Gasteiger charge is -2.31. The maximum absolute atomic E-state index is 13.0. The van der Waals surface area contributed by atoms with E-state index >= 15 is 0 Å². The first-order valence-corrected chi connectivity index (χ1v) is 10.6. The van der Waals surface area contributed by atoms with Gasteiger partial charge in [-0.25, -0.2) is 22.1 Å². The maximum Gasteiger partial charge on any atom is 0.220 e. The van der Waals surface area contributed by atoms with Gasteiger partial charge in [0.25, 0.3) is 0 Å². The first-order chi connectivity index (χ1) is 12.8. The molecule has 1 aliphatic rings. The minimum absolute atomic E-state index is 0.170. The quantitative estimate of drug-likeness (QED) is 0.807. The molecule has 0 radical (unpaired) electrons. The van der Waals surface area contributed by atoms with Gasteiger partial charge < -0.3 is 9.73 Å². The van der Waals surface area contributed by atoms with Crippen LogP contribution in [0, 0.1) is 5.82 Å². The number of halogens is 1. The van der Waals surface area contributed by atoms with Crippen LogP contribution in [0.3, 0.4) is 0 Å². The van der Waals surface area contributed by atoms with Gasteiger partial charge in [-0.2, -0.15) is 0 Å². The summed E-state index contributed by atoms with van der Waals surface area (Å²) in [5, 5.41) is 2.88. The third kappa shape index (κ3) is 5.36. The van der Waals surface area contributed by atoms with Crippen molar-refractivity contribution in [3.63, 3.8) is 0 Å². The number of hydrogen-bond donors (Lipinski definition) is 1. The zero-order valence-electron chi connectivity index (χ0n) is 15.0. The molecule has 1 aromatic heterocycles. The molecular formula is C18H22FN3O4S. The number of nitrogens with one attached hydrogen (secondary N) is 1. The average Bonchev–Trinajstić information content (AvgIpc) is 3.09. The monoisotopic (exact) mass is 395 g/mol. The third-order valence-electron chi connectivity index (χ3n) is 4.47. The lowest BCUT2D eigenvalue weighted by atomic mass is 10.1. The number of oxazole rings is 1. The van der Waals surface area contributed by atoms with Crippen molar-refractivity contribution < 1.29 is 22.0 Å². The molecule has 1 aromatic carbocycles. The minimum atomic E-state index is -3.24. The highest BCUT2D eigenvalue weighted by atomic mass is 32.2. The Morgan fingerprint density at radius 2 is 2.11 bits per heavy atom. The predicted octanol–water partition coefficient (Wildman–Crippen LogP) is 1.95. The second-order valence-electron chi connectivity index (χ2n) is 6.65. The van der Waals surface area contributed by atoms with Crippen molar-refractivity contribution in [1.29, 1.82) is 0 Å².